The van der Waals surface area contributed by atoms with Gasteiger partial charge in [0.05, 0.1) is 0 Å². The summed E-state index contributed by atoms with van der Waals surface area (Å²) in [5.74, 6) is 0.694. The zero-order valence-corrected chi connectivity index (χ0v) is 14.8. The average molecular weight is 350 g/mol. The third kappa shape index (κ3) is 5.78. The summed E-state index contributed by atoms with van der Waals surface area (Å²) >= 11 is 18.3. The van der Waals surface area contributed by atoms with Crippen molar-refractivity contribution in [3.8, 4) is 0 Å². The molecule has 1 aromatic rings. The van der Waals surface area contributed by atoms with Gasteiger partial charge in [0.25, 0.3) is 0 Å². The van der Waals surface area contributed by atoms with Gasteiger partial charge in [0.2, 0.25) is 0 Å². The van der Waals surface area contributed by atoms with Crippen molar-refractivity contribution in [1.82, 2.24) is 0 Å². The number of rotatable bonds is 8. The lowest BCUT2D eigenvalue weighted by Gasteiger charge is -2.22. The summed E-state index contributed by atoms with van der Waals surface area (Å²) in [6.07, 6.45) is 2.24. The maximum Gasteiger partial charge on any atom is 0.0452 e. The van der Waals surface area contributed by atoms with Crippen molar-refractivity contribution in [2.45, 2.75) is 39.2 Å². The van der Waals surface area contributed by atoms with E-state index < -0.39 is 0 Å². The number of halogens is 3. The molecule has 0 radical (unpaired) electrons. The Kier molecular flexibility index (Phi) is 8.04. The predicted molar refractivity (Wildman–Crippen MR) is 94.2 cm³/mol. The van der Waals surface area contributed by atoms with E-state index >= 15 is 0 Å². The van der Waals surface area contributed by atoms with Crippen molar-refractivity contribution in [2.75, 3.05) is 5.88 Å². The van der Waals surface area contributed by atoms with Crippen LogP contribution in [0.4, 0.5) is 0 Å². The van der Waals surface area contributed by atoms with Crippen LogP contribution in [0.3, 0.4) is 0 Å². The fourth-order valence-corrected chi connectivity index (χ4v) is 3.21. The van der Waals surface area contributed by atoms with Crippen molar-refractivity contribution >= 4 is 40.5 Å². The van der Waals surface area contributed by atoms with Crippen LogP contribution < -0.4 is 5.73 Å². The van der Waals surface area contributed by atoms with Gasteiger partial charge in [-0.3, -0.25) is 0 Å². The first-order valence-electron chi connectivity index (χ1n) is 7.19. The molecule has 5 heteroatoms. The summed E-state index contributed by atoms with van der Waals surface area (Å²) in [6, 6.07) is 5.50. The van der Waals surface area contributed by atoms with Crippen LogP contribution in [0.25, 0.3) is 0 Å². The molecule has 118 valence electrons. The minimum absolute atomic E-state index is 0.0137. The van der Waals surface area contributed by atoms with Gasteiger partial charge >= 0.3 is 0 Å². The monoisotopic (exact) mass is 348 g/mol. The summed E-state index contributed by atoms with van der Waals surface area (Å²) in [6.45, 7) is 4.02. The van der Waals surface area contributed by atoms with Crippen LogP contribution in [-0.2, 0) is 6.42 Å². The molecule has 0 heterocycles. The lowest BCUT2D eigenvalue weighted by atomic mass is 9.89. The fourth-order valence-electron chi connectivity index (χ4n) is 2.33. The summed E-state index contributed by atoms with van der Waals surface area (Å²) < 4.78 is 0. The summed E-state index contributed by atoms with van der Waals surface area (Å²) in [5, 5.41) is 9.43. The molecule has 0 aromatic heterocycles. The maximum absolute atomic E-state index is 8.08. The topological polar surface area (TPSA) is 49.9 Å². The average Bonchev–Trinajstić information content (AvgIpc) is 2.43. The second kappa shape index (κ2) is 8.99. The molecule has 2 atom stereocenters. The molecule has 2 unspecified atom stereocenters. The standard InChI is InChI=1S/C16H23Cl3N2/c1-10(2)16(21)11(9-17)8-12(20)6-7-13-14(18)4-3-5-15(13)19/h3-5,10-12,21H,6-9,20H2,1-2H3. The van der Waals surface area contributed by atoms with E-state index in [0.717, 1.165) is 24.8 Å². The second-order valence-corrected chi connectivity index (χ2v) is 6.82. The molecule has 0 bridgehead atoms. The van der Waals surface area contributed by atoms with Crippen LogP contribution in [0.1, 0.15) is 32.3 Å². The quantitative estimate of drug-likeness (QED) is 0.493. The normalized spacial score (nSPS) is 14.2. The molecule has 3 N–H and O–H groups in total. The molecule has 0 amide bonds. The highest BCUT2D eigenvalue weighted by Crippen LogP contribution is 2.26. The molecule has 21 heavy (non-hydrogen) atoms. The Balaban J connectivity index is 2.57. The van der Waals surface area contributed by atoms with Gasteiger partial charge in [0, 0.05) is 33.6 Å². The molecular formula is C16H23Cl3N2. The Morgan fingerprint density at radius 2 is 1.81 bits per heavy atom. The first-order chi connectivity index (χ1) is 9.86. The minimum Gasteiger partial charge on any atom is -0.328 e. The van der Waals surface area contributed by atoms with Gasteiger partial charge < -0.3 is 11.1 Å². The molecule has 0 fully saturated rings. The van der Waals surface area contributed by atoms with Crippen LogP contribution in [0, 0.1) is 17.2 Å². The van der Waals surface area contributed by atoms with Crippen molar-refractivity contribution in [3.63, 3.8) is 0 Å². The summed E-state index contributed by atoms with van der Waals surface area (Å²) in [5.41, 5.74) is 7.81. The molecule has 0 aliphatic heterocycles. The van der Waals surface area contributed by atoms with Crippen LogP contribution in [-0.4, -0.2) is 17.6 Å². The van der Waals surface area contributed by atoms with E-state index in [1.165, 1.54) is 0 Å². The number of benzene rings is 1. The van der Waals surface area contributed by atoms with Gasteiger partial charge in [-0.25, -0.2) is 0 Å². The van der Waals surface area contributed by atoms with Crippen LogP contribution >= 0.6 is 34.8 Å². The van der Waals surface area contributed by atoms with Crippen LogP contribution in [0.2, 0.25) is 10.0 Å². The molecule has 1 rings (SSSR count). The molecule has 1 aromatic carbocycles. The fraction of sp³-hybridized carbons (Fsp3) is 0.562. The first-order valence-corrected chi connectivity index (χ1v) is 8.48. The van der Waals surface area contributed by atoms with Gasteiger partial charge in [0.15, 0.2) is 0 Å². The third-order valence-electron chi connectivity index (χ3n) is 3.66. The number of hydrogen-bond donors (Lipinski definition) is 2. The Morgan fingerprint density at radius 3 is 2.29 bits per heavy atom. The minimum atomic E-state index is -0.0137. The Hall–Kier alpha value is -0.280. The number of hydrogen-bond acceptors (Lipinski definition) is 2. The molecular weight excluding hydrogens is 327 g/mol. The van der Waals surface area contributed by atoms with E-state index in [1.54, 1.807) is 0 Å². The first kappa shape index (κ1) is 18.8. The van der Waals surface area contributed by atoms with Crippen molar-refractivity contribution in [1.29, 1.82) is 5.41 Å². The largest absolute Gasteiger partial charge is 0.328 e. The van der Waals surface area contributed by atoms with E-state index in [9.17, 15) is 0 Å². The molecule has 0 saturated carbocycles. The van der Waals surface area contributed by atoms with Gasteiger partial charge in [-0.05, 0) is 42.9 Å². The van der Waals surface area contributed by atoms with E-state index in [0.29, 0.717) is 21.6 Å². The van der Waals surface area contributed by atoms with E-state index in [1.807, 2.05) is 32.0 Å². The van der Waals surface area contributed by atoms with Gasteiger partial charge in [-0.15, -0.1) is 11.6 Å². The van der Waals surface area contributed by atoms with Crippen LogP contribution in [0.5, 0.6) is 0 Å². The summed E-state index contributed by atoms with van der Waals surface area (Å²) in [4.78, 5) is 0. The smallest absolute Gasteiger partial charge is 0.0452 e. The van der Waals surface area contributed by atoms with Gasteiger partial charge in [0.1, 0.15) is 0 Å². The number of alkyl halides is 1. The van der Waals surface area contributed by atoms with E-state index in [4.69, 9.17) is 45.9 Å². The SMILES string of the molecule is CC(C)C(=N)C(CCl)CC(N)CCc1c(Cl)cccc1Cl. The number of nitrogens with two attached hydrogens (primary N) is 1. The molecule has 0 aliphatic carbocycles. The highest BCUT2D eigenvalue weighted by Gasteiger charge is 2.20. The predicted octanol–water partition coefficient (Wildman–Crippen LogP) is 5.17. The third-order valence-corrected chi connectivity index (χ3v) is 4.74. The van der Waals surface area contributed by atoms with Gasteiger partial charge in [-0.2, -0.15) is 0 Å². The highest BCUT2D eigenvalue weighted by atomic mass is 35.5. The second-order valence-electron chi connectivity index (χ2n) is 5.70. The Labute approximate surface area is 142 Å². The zero-order valence-electron chi connectivity index (χ0n) is 12.5. The highest BCUT2D eigenvalue weighted by molar-refractivity contribution is 6.35. The zero-order chi connectivity index (χ0) is 16.0. The molecule has 0 aliphatic rings. The van der Waals surface area contributed by atoms with Crippen molar-refractivity contribution < 1.29 is 0 Å². The Bertz CT molecular complexity index is 454. The number of nitrogens with one attached hydrogen (secondary N) is 1. The van der Waals surface area contributed by atoms with Gasteiger partial charge in [-0.1, -0.05) is 43.1 Å². The molecule has 0 saturated heterocycles. The maximum atomic E-state index is 8.08. The van der Waals surface area contributed by atoms with Crippen molar-refractivity contribution in [3.05, 3.63) is 33.8 Å². The molecule has 2 nitrogen and oxygen atoms in total. The summed E-state index contributed by atoms with van der Waals surface area (Å²) in [7, 11) is 0. The lowest BCUT2D eigenvalue weighted by Crippen LogP contribution is -2.30. The molecule has 0 spiro atoms. The van der Waals surface area contributed by atoms with E-state index in [-0.39, 0.29) is 17.9 Å². The van der Waals surface area contributed by atoms with E-state index in [2.05, 4.69) is 0 Å². The lowest BCUT2D eigenvalue weighted by molar-refractivity contribution is 0.510. The Morgan fingerprint density at radius 1 is 1.24 bits per heavy atom. The van der Waals surface area contributed by atoms with Crippen LogP contribution in [0.15, 0.2) is 18.2 Å². The van der Waals surface area contributed by atoms with Crippen molar-refractivity contribution in [2.24, 2.45) is 17.6 Å².